The predicted molar refractivity (Wildman–Crippen MR) is 117 cm³/mol. The average molecular weight is 422 g/mol. The Morgan fingerprint density at radius 3 is 2.83 bits per heavy atom. The van der Waals surface area contributed by atoms with Crippen LogP contribution in [-0.2, 0) is 24.3 Å². The Morgan fingerprint density at radius 1 is 1.17 bits per heavy atom. The molecule has 3 aromatic heterocycles. The number of hydrogen-bond donors (Lipinski definition) is 0. The summed E-state index contributed by atoms with van der Waals surface area (Å²) >= 11 is 1.80. The van der Waals surface area contributed by atoms with Crippen LogP contribution in [0.1, 0.15) is 48.0 Å². The summed E-state index contributed by atoms with van der Waals surface area (Å²) in [6.45, 7) is 2.12. The standard InChI is InChI=1S/C22H23N5O2S/c1-14(15-8-10-16(28-2)11-9-15)26-29-12-19-24-21-20-17-6-4-3-5-7-18(17)30-22(20)23-13-27(21)25-19/h8-11,13H,3-7,12H2,1-2H3/b26-14+. The number of fused-ring (bicyclic) bond motifs is 5. The largest absolute Gasteiger partial charge is 0.497 e. The van der Waals surface area contributed by atoms with Crippen molar-refractivity contribution in [1.29, 1.82) is 0 Å². The van der Waals surface area contributed by atoms with Crippen LogP contribution in [0.25, 0.3) is 15.9 Å². The fraction of sp³-hybridized carbons (Fsp3) is 0.364. The second-order valence-corrected chi connectivity index (χ2v) is 8.55. The number of ether oxygens (including phenoxy) is 1. The SMILES string of the molecule is COc1ccc(/C(C)=N/OCc2nc3c4c5c(sc4ncn3n2)CCCCC5)cc1. The van der Waals surface area contributed by atoms with Gasteiger partial charge in [-0.2, -0.15) is 0 Å². The van der Waals surface area contributed by atoms with E-state index in [2.05, 4.69) is 15.2 Å². The Morgan fingerprint density at radius 2 is 2.00 bits per heavy atom. The smallest absolute Gasteiger partial charge is 0.192 e. The Kier molecular flexibility index (Phi) is 5.08. The molecule has 0 saturated heterocycles. The molecule has 0 radical (unpaired) electrons. The maximum absolute atomic E-state index is 5.55. The molecule has 0 amide bonds. The van der Waals surface area contributed by atoms with Gasteiger partial charge in [-0.05, 0) is 68.0 Å². The van der Waals surface area contributed by atoms with E-state index in [9.17, 15) is 0 Å². The van der Waals surface area contributed by atoms with Crippen molar-refractivity contribution in [1.82, 2.24) is 19.6 Å². The number of thiophene rings is 1. The first-order valence-electron chi connectivity index (χ1n) is 10.2. The van der Waals surface area contributed by atoms with Crippen molar-refractivity contribution in [3.05, 3.63) is 52.4 Å². The number of benzene rings is 1. The number of oxime groups is 1. The minimum Gasteiger partial charge on any atom is -0.497 e. The quantitative estimate of drug-likeness (QED) is 0.268. The van der Waals surface area contributed by atoms with Gasteiger partial charge in [-0.3, -0.25) is 0 Å². The molecule has 0 saturated carbocycles. The molecule has 4 aromatic rings. The maximum atomic E-state index is 5.55. The zero-order valence-electron chi connectivity index (χ0n) is 17.1. The molecule has 1 aliphatic carbocycles. The summed E-state index contributed by atoms with van der Waals surface area (Å²) in [5.41, 5.74) is 4.05. The van der Waals surface area contributed by atoms with Crippen LogP contribution in [-0.4, -0.2) is 32.4 Å². The molecule has 0 N–H and O–H groups in total. The third kappa shape index (κ3) is 3.52. The van der Waals surface area contributed by atoms with Crippen LogP contribution in [0.15, 0.2) is 35.7 Å². The summed E-state index contributed by atoms with van der Waals surface area (Å²) in [6, 6.07) is 7.71. The Bertz CT molecular complexity index is 1230. The minimum absolute atomic E-state index is 0.211. The molecule has 0 fully saturated rings. The number of hydrogen-bond acceptors (Lipinski definition) is 7. The molecule has 3 heterocycles. The molecule has 0 atom stereocenters. The molecule has 1 aliphatic rings. The summed E-state index contributed by atoms with van der Waals surface area (Å²) in [5, 5.41) is 9.93. The van der Waals surface area contributed by atoms with Crippen LogP contribution in [0, 0.1) is 0 Å². The lowest BCUT2D eigenvalue weighted by atomic mass is 10.1. The first kappa shape index (κ1) is 19.0. The summed E-state index contributed by atoms with van der Waals surface area (Å²) in [6.07, 6.45) is 7.76. The molecular weight excluding hydrogens is 398 g/mol. The highest BCUT2D eigenvalue weighted by atomic mass is 32.1. The Labute approximate surface area is 178 Å². The topological polar surface area (TPSA) is 73.9 Å². The van der Waals surface area contributed by atoms with Crippen molar-refractivity contribution in [2.24, 2.45) is 5.16 Å². The summed E-state index contributed by atoms with van der Waals surface area (Å²) < 4.78 is 6.95. The van der Waals surface area contributed by atoms with E-state index in [0.717, 1.165) is 45.7 Å². The monoisotopic (exact) mass is 421 g/mol. The molecule has 8 heteroatoms. The first-order valence-corrected chi connectivity index (χ1v) is 11.0. The lowest BCUT2D eigenvalue weighted by Gasteiger charge is -2.03. The highest BCUT2D eigenvalue weighted by Crippen LogP contribution is 2.36. The van der Waals surface area contributed by atoms with Crippen molar-refractivity contribution < 1.29 is 9.57 Å². The Hall–Kier alpha value is -3.00. The minimum atomic E-state index is 0.211. The van der Waals surface area contributed by atoms with E-state index in [4.69, 9.17) is 14.6 Å². The van der Waals surface area contributed by atoms with Crippen LogP contribution < -0.4 is 4.74 Å². The number of nitrogens with zero attached hydrogens (tertiary/aromatic N) is 5. The zero-order valence-corrected chi connectivity index (χ0v) is 17.9. The highest BCUT2D eigenvalue weighted by Gasteiger charge is 2.20. The molecule has 0 aliphatic heterocycles. The van der Waals surface area contributed by atoms with Crippen molar-refractivity contribution in [3.63, 3.8) is 0 Å². The molecule has 0 spiro atoms. The van der Waals surface area contributed by atoms with Crippen LogP contribution in [0.2, 0.25) is 0 Å². The van der Waals surface area contributed by atoms with E-state index in [1.807, 2.05) is 31.2 Å². The summed E-state index contributed by atoms with van der Waals surface area (Å²) in [5.74, 6) is 1.41. The van der Waals surface area contributed by atoms with E-state index in [1.54, 1.807) is 29.3 Å². The van der Waals surface area contributed by atoms with E-state index in [0.29, 0.717) is 5.82 Å². The van der Waals surface area contributed by atoms with Crippen molar-refractivity contribution in [2.45, 2.75) is 45.6 Å². The third-order valence-corrected chi connectivity index (χ3v) is 6.69. The maximum Gasteiger partial charge on any atom is 0.192 e. The number of rotatable bonds is 5. The van der Waals surface area contributed by atoms with Gasteiger partial charge in [0.25, 0.3) is 0 Å². The van der Waals surface area contributed by atoms with Gasteiger partial charge in [-0.15, -0.1) is 16.4 Å². The van der Waals surface area contributed by atoms with Gasteiger partial charge in [0, 0.05) is 4.88 Å². The molecule has 7 nitrogen and oxygen atoms in total. The van der Waals surface area contributed by atoms with Crippen molar-refractivity contribution in [2.75, 3.05) is 7.11 Å². The van der Waals surface area contributed by atoms with Crippen LogP contribution in [0.5, 0.6) is 5.75 Å². The fourth-order valence-corrected chi connectivity index (χ4v) is 5.13. The number of methoxy groups -OCH3 is 1. The molecule has 0 unspecified atom stereocenters. The molecule has 0 bridgehead atoms. The molecule has 30 heavy (non-hydrogen) atoms. The highest BCUT2D eigenvalue weighted by molar-refractivity contribution is 7.19. The molecular formula is C22H23N5O2S. The fourth-order valence-electron chi connectivity index (χ4n) is 3.91. The number of aryl methyl sites for hydroxylation is 2. The molecule has 1 aromatic carbocycles. The lowest BCUT2D eigenvalue weighted by molar-refractivity contribution is 0.125. The second kappa shape index (κ2) is 8.02. The Balaban J connectivity index is 1.38. The molecule has 154 valence electrons. The summed E-state index contributed by atoms with van der Waals surface area (Å²) in [4.78, 5) is 17.4. The van der Waals surface area contributed by atoms with Gasteiger partial charge in [0.15, 0.2) is 18.1 Å². The lowest BCUT2D eigenvalue weighted by Crippen LogP contribution is -1.98. The van der Waals surface area contributed by atoms with Crippen molar-refractivity contribution >= 4 is 32.9 Å². The predicted octanol–water partition coefficient (Wildman–Crippen LogP) is 4.56. The van der Waals surface area contributed by atoms with Crippen molar-refractivity contribution in [3.8, 4) is 5.75 Å². The van der Waals surface area contributed by atoms with E-state index >= 15 is 0 Å². The van der Waals surface area contributed by atoms with E-state index in [-0.39, 0.29) is 6.61 Å². The number of aromatic nitrogens is 4. The molecule has 5 rings (SSSR count). The van der Waals surface area contributed by atoms with E-state index < -0.39 is 0 Å². The third-order valence-electron chi connectivity index (χ3n) is 5.49. The first-order chi connectivity index (χ1) is 14.7. The van der Waals surface area contributed by atoms with Gasteiger partial charge >= 0.3 is 0 Å². The second-order valence-electron chi connectivity index (χ2n) is 7.46. The average Bonchev–Trinajstić information content (AvgIpc) is 3.26. The van der Waals surface area contributed by atoms with Gasteiger partial charge in [0.1, 0.15) is 16.9 Å². The van der Waals surface area contributed by atoms with E-state index in [1.165, 1.54) is 29.7 Å². The van der Waals surface area contributed by atoms with Gasteiger partial charge in [-0.1, -0.05) is 11.6 Å². The van der Waals surface area contributed by atoms with Gasteiger partial charge in [0.05, 0.1) is 18.2 Å². The van der Waals surface area contributed by atoms with Gasteiger partial charge in [0.2, 0.25) is 0 Å². The normalized spacial score (nSPS) is 14.7. The summed E-state index contributed by atoms with van der Waals surface area (Å²) in [7, 11) is 1.65. The van der Waals surface area contributed by atoms with Gasteiger partial charge < -0.3 is 9.57 Å². The van der Waals surface area contributed by atoms with Crippen LogP contribution in [0.4, 0.5) is 0 Å². The van der Waals surface area contributed by atoms with Crippen LogP contribution in [0.3, 0.4) is 0 Å². The zero-order chi connectivity index (χ0) is 20.5. The van der Waals surface area contributed by atoms with Crippen LogP contribution >= 0.6 is 11.3 Å². The van der Waals surface area contributed by atoms with Gasteiger partial charge in [-0.25, -0.2) is 14.5 Å².